The second kappa shape index (κ2) is 6.65. The molecular weight excluding hydrogens is 284 g/mol. The van der Waals surface area contributed by atoms with Gasteiger partial charge in [0.05, 0.1) is 12.7 Å². The summed E-state index contributed by atoms with van der Waals surface area (Å²) in [4.78, 5) is 16.2. The van der Waals surface area contributed by atoms with E-state index in [0.717, 1.165) is 25.5 Å². The first-order chi connectivity index (χ1) is 10.7. The molecule has 118 valence electrons. The first-order valence-corrected chi connectivity index (χ1v) is 7.47. The van der Waals surface area contributed by atoms with Crippen LogP contribution in [0.5, 0.6) is 0 Å². The quantitative estimate of drug-likeness (QED) is 0.695. The number of hydrogen-bond donors (Lipinski definition) is 3. The van der Waals surface area contributed by atoms with E-state index in [-0.39, 0.29) is 12.5 Å². The largest absolute Gasteiger partial charge is 0.343 e. The van der Waals surface area contributed by atoms with Gasteiger partial charge in [-0.05, 0) is 38.8 Å². The summed E-state index contributed by atoms with van der Waals surface area (Å²) in [5.41, 5.74) is 0.316. The van der Waals surface area contributed by atoms with E-state index >= 15 is 0 Å². The van der Waals surface area contributed by atoms with E-state index < -0.39 is 0 Å². The van der Waals surface area contributed by atoms with E-state index in [2.05, 4.69) is 36.1 Å². The number of amides is 1. The first kappa shape index (κ1) is 14.6. The van der Waals surface area contributed by atoms with Gasteiger partial charge in [-0.1, -0.05) is 5.21 Å². The van der Waals surface area contributed by atoms with Gasteiger partial charge in [0, 0.05) is 6.54 Å². The zero-order valence-electron chi connectivity index (χ0n) is 12.5. The van der Waals surface area contributed by atoms with E-state index in [4.69, 9.17) is 0 Å². The number of aryl methyl sites for hydroxylation is 1. The molecular formula is C13H20N8O. The Hall–Kier alpha value is -2.29. The summed E-state index contributed by atoms with van der Waals surface area (Å²) in [6.45, 7) is 4.94. The van der Waals surface area contributed by atoms with Crippen LogP contribution in [-0.4, -0.2) is 49.2 Å². The van der Waals surface area contributed by atoms with Crippen LogP contribution in [0, 0.1) is 12.8 Å². The standard InChI is InChI=1S/C13H20N8O/c1-9-16-12(19-17-9)6-15-13(22)11-8-21(20-18-11)7-10-3-2-4-14-5-10/h8,10,14H,2-7H2,1H3,(H,15,22)(H,16,17,19)/t10-/m0/s1. The fraction of sp³-hybridized carbons (Fsp3) is 0.615. The molecule has 0 aromatic carbocycles. The minimum atomic E-state index is -0.268. The van der Waals surface area contributed by atoms with Crippen LogP contribution in [0.25, 0.3) is 0 Å². The highest BCUT2D eigenvalue weighted by Gasteiger charge is 2.16. The molecule has 2 aromatic heterocycles. The van der Waals surface area contributed by atoms with Crippen molar-refractivity contribution in [1.82, 2.24) is 40.8 Å². The number of aromatic amines is 1. The van der Waals surface area contributed by atoms with Crippen molar-refractivity contribution >= 4 is 5.91 Å². The molecule has 22 heavy (non-hydrogen) atoms. The lowest BCUT2D eigenvalue weighted by Gasteiger charge is -2.22. The second-order valence-electron chi connectivity index (χ2n) is 5.56. The number of piperidine rings is 1. The molecule has 0 radical (unpaired) electrons. The Labute approximate surface area is 127 Å². The molecule has 0 aliphatic carbocycles. The van der Waals surface area contributed by atoms with Crippen molar-refractivity contribution in [3.05, 3.63) is 23.5 Å². The number of rotatable bonds is 5. The Balaban J connectivity index is 1.52. The van der Waals surface area contributed by atoms with Gasteiger partial charge in [-0.25, -0.2) is 4.98 Å². The zero-order chi connectivity index (χ0) is 15.4. The van der Waals surface area contributed by atoms with Gasteiger partial charge >= 0.3 is 0 Å². The van der Waals surface area contributed by atoms with Crippen molar-refractivity contribution in [1.29, 1.82) is 0 Å². The molecule has 9 nitrogen and oxygen atoms in total. The third-order valence-electron chi connectivity index (χ3n) is 3.67. The highest BCUT2D eigenvalue weighted by molar-refractivity contribution is 5.91. The maximum Gasteiger partial charge on any atom is 0.273 e. The Morgan fingerprint density at radius 3 is 3.18 bits per heavy atom. The van der Waals surface area contributed by atoms with Gasteiger partial charge < -0.3 is 10.6 Å². The smallest absolute Gasteiger partial charge is 0.273 e. The molecule has 0 unspecified atom stereocenters. The van der Waals surface area contributed by atoms with Crippen LogP contribution in [0.4, 0.5) is 0 Å². The van der Waals surface area contributed by atoms with Crippen LogP contribution >= 0.6 is 0 Å². The molecule has 0 bridgehead atoms. The van der Waals surface area contributed by atoms with E-state index in [0.29, 0.717) is 17.4 Å². The molecule has 1 aliphatic heterocycles. The number of nitrogens with zero attached hydrogens (tertiary/aromatic N) is 5. The summed E-state index contributed by atoms with van der Waals surface area (Å²) in [7, 11) is 0. The van der Waals surface area contributed by atoms with Crippen LogP contribution < -0.4 is 10.6 Å². The summed E-state index contributed by atoms with van der Waals surface area (Å²) in [5, 5.41) is 20.8. The highest BCUT2D eigenvalue weighted by Crippen LogP contribution is 2.11. The number of carbonyl (C=O) groups is 1. The number of hydrogen-bond acceptors (Lipinski definition) is 6. The van der Waals surface area contributed by atoms with Gasteiger partial charge in [0.25, 0.3) is 5.91 Å². The van der Waals surface area contributed by atoms with Crippen molar-refractivity contribution in [2.75, 3.05) is 13.1 Å². The Morgan fingerprint density at radius 2 is 2.45 bits per heavy atom. The molecule has 1 aliphatic rings. The predicted octanol–water partition coefficient (Wildman–Crippen LogP) is -0.366. The molecule has 1 amide bonds. The van der Waals surface area contributed by atoms with Gasteiger partial charge in [0.15, 0.2) is 11.5 Å². The molecule has 3 heterocycles. The van der Waals surface area contributed by atoms with E-state index in [1.165, 1.54) is 12.8 Å². The number of carbonyl (C=O) groups excluding carboxylic acids is 1. The van der Waals surface area contributed by atoms with E-state index in [1.807, 2.05) is 6.92 Å². The Bertz CT molecular complexity index is 628. The van der Waals surface area contributed by atoms with E-state index in [9.17, 15) is 4.79 Å². The second-order valence-corrected chi connectivity index (χ2v) is 5.56. The van der Waals surface area contributed by atoms with Gasteiger partial charge in [-0.3, -0.25) is 14.6 Å². The Morgan fingerprint density at radius 1 is 1.55 bits per heavy atom. The predicted molar refractivity (Wildman–Crippen MR) is 77.9 cm³/mol. The lowest BCUT2D eigenvalue weighted by Crippen LogP contribution is -2.32. The summed E-state index contributed by atoms with van der Waals surface area (Å²) < 4.78 is 1.74. The van der Waals surface area contributed by atoms with Crippen LogP contribution in [0.3, 0.4) is 0 Å². The number of aromatic nitrogens is 6. The van der Waals surface area contributed by atoms with Crippen LogP contribution in [0.1, 0.15) is 35.0 Å². The zero-order valence-corrected chi connectivity index (χ0v) is 12.5. The maximum atomic E-state index is 12.0. The molecule has 1 fully saturated rings. The number of nitrogens with one attached hydrogen (secondary N) is 3. The SMILES string of the molecule is Cc1nc(CNC(=O)c2cn(C[C@H]3CCCNC3)nn2)n[nH]1. The summed E-state index contributed by atoms with van der Waals surface area (Å²) >= 11 is 0. The topological polar surface area (TPSA) is 113 Å². The highest BCUT2D eigenvalue weighted by atomic mass is 16.2. The van der Waals surface area contributed by atoms with Crippen LogP contribution in [0.2, 0.25) is 0 Å². The lowest BCUT2D eigenvalue weighted by molar-refractivity contribution is 0.0945. The van der Waals surface area contributed by atoms with Crippen molar-refractivity contribution in [2.45, 2.75) is 32.9 Å². The third kappa shape index (κ3) is 3.67. The summed E-state index contributed by atoms with van der Waals surface area (Å²) in [6, 6.07) is 0. The maximum absolute atomic E-state index is 12.0. The van der Waals surface area contributed by atoms with Crippen LogP contribution in [0.15, 0.2) is 6.20 Å². The molecule has 0 saturated carbocycles. The molecule has 9 heteroatoms. The molecule has 3 N–H and O–H groups in total. The van der Waals surface area contributed by atoms with Gasteiger partial charge in [-0.15, -0.1) is 5.10 Å². The van der Waals surface area contributed by atoms with Gasteiger partial charge in [-0.2, -0.15) is 5.10 Å². The van der Waals surface area contributed by atoms with Gasteiger partial charge in [0.2, 0.25) is 0 Å². The van der Waals surface area contributed by atoms with E-state index in [1.54, 1.807) is 10.9 Å². The molecule has 1 saturated heterocycles. The van der Waals surface area contributed by atoms with Gasteiger partial charge in [0.1, 0.15) is 5.82 Å². The molecule has 3 rings (SSSR count). The normalized spacial score (nSPS) is 18.3. The molecule has 0 spiro atoms. The van der Waals surface area contributed by atoms with Crippen molar-refractivity contribution in [3.8, 4) is 0 Å². The summed E-state index contributed by atoms with van der Waals surface area (Å²) in [5.74, 6) is 1.54. The summed E-state index contributed by atoms with van der Waals surface area (Å²) in [6.07, 6.45) is 4.05. The Kier molecular flexibility index (Phi) is 4.42. The first-order valence-electron chi connectivity index (χ1n) is 7.47. The minimum Gasteiger partial charge on any atom is -0.343 e. The van der Waals surface area contributed by atoms with Crippen molar-refractivity contribution in [3.63, 3.8) is 0 Å². The monoisotopic (exact) mass is 304 g/mol. The average molecular weight is 304 g/mol. The lowest BCUT2D eigenvalue weighted by atomic mass is 10.00. The van der Waals surface area contributed by atoms with Crippen LogP contribution in [-0.2, 0) is 13.1 Å². The van der Waals surface area contributed by atoms with Crippen molar-refractivity contribution in [2.24, 2.45) is 5.92 Å². The fourth-order valence-electron chi connectivity index (χ4n) is 2.55. The average Bonchev–Trinajstić information content (AvgIpc) is 3.15. The molecule has 2 aromatic rings. The third-order valence-corrected chi connectivity index (χ3v) is 3.67. The molecule has 1 atom stereocenters. The minimum absolute atomic E-state index is 0.266. The fourth-order valence-corrected chi connectivity index (χ4v) is 2.55. The van der Waals surface area contributed by atoms with Crippen molar-refractivity contribution < 1.29 is 4.79 Å². The number of H-pyrrole nitrogens is 1.